The molecule has 3 fully saturated rings. The van der Waals surface area contributed by atoms with Gasteiger partial charge in [0.05, 0.1) is 102 Å². The van der Waals surface area contributed by atoms with Gasteiger partial charge in [0.15, 0.2) is 0 Å². The lowest BCUT2D eigenvalue weighted by Gasteiger charge is -2.50. The number of alkyl halides is 3. The Morgan fingerprint density at radius 3 is 1.97 bits per heavy atom. The van der Waals surface area contributed by atoms with Gasteiger partial charge in [-0.3, -0.25) is 14.6 Å². The first kappa shape index (κ1) is 50.4. The zero-order valence-corrected chi connectivity index (χ0v) is 37.9. The van der Waals surface area contributed by atoms with E-state index >= 15 is 0 Å². The Balaban J connectivity index is 0.890. The van der Waals surface area contributed by atoms with Crippen molar-refractivity contribution in [3.8, 4) is 11.3 Å². The van der Waals surface area contributed by atoms with E-state index in [-0.39, 0.29) is 23.4 Å². The van der Waals surface area contributed by atoms with Crippen LogP contribution in [0, 0.1) is 5.41 Å². The Bertz CT molecular complexity index is 2150. The van der Waals surface area contributed by atoms with Crippen molar-refractivity contribution in [1.29, 1.82) is 0 Å². The van der Waals surface area contributed by atoms with Gasteiger partial charge in [-0.1, -0.05) is 24.3 Å². The number of pyridine rings is 1. The van der Waals surface area contributed by atoms with Crippen LogP contribution in [0.5, 0.6) is 0 Å². The van der Waals surface area contributed by atoms with Crippen LogP contribution in [0.15, 0.2) is 85.1 Å². The Morgan fingerprint density at radius 1 is 0.712 bits per heavy atom. The van der Waals surface area contributed by atoms with Crippen LogP contribution >= 0.6 is 0 Å². The molecule has 3 aromatic carbocycles. The van der Waals surface area contributed by atoms with Gasteiger partial charge < -0.3 is 53.4 Å². The molecular formula is C49H61F3N4O10. The number of hydrogen-bond acceptors (Lipinski definition) is 12. The van der Waals surface area contributed by atoms with Crippen molar-refractivity contribution in [2.45, 2.75) is 52.3 Å². The summed E-state index contributed by atoms with van der Waals surface area (Å²) in [5.41, 5.74) is 3.44. The van der Waals surface area contributed by atoms with Gasteiger partial charge in [-0.2, -0.15) is 13.2 Å². The van der Waals surface area contributed by atoms with Gasteiger partial charge in [-0.05, 0) is 92.4 Å². The van der Waals surface area contributed by atoms with E-state index in [1.807, 2.05) is 50.2 Å². The minimum Gasteiger partial charge on any atom is -0.379 e. The highest BCUT2D eigenvalue weighted by Crippen LogP contribution is 2.38. The lowest BCUT2D eigenvalue weighted by Crippen LogP contribution is -2.60. The highest BCUT2D eigenvalue weighted by atomic mass is 19.4. The number of anilines is 2. The van der Waals surface area contributed by atoms with Gasteiger partial charge in [0.1, 0.15) is 0 Å². The molecule has 3 aliphatic heterocycles. The summed E-state index contributed by atoms with van der Waals surface area (Å²) in [6, 6.07) is 21.1. The number of aryl methyl sites for hydroxylation is 1. The predicted octanol–water partition coefficient (Wildman–Crippen LogP) is 7.55. The SMILES string of the molecule is CCN(CC)c1ccc(NC(=O)c2cccc(CCCOCCOCCOCCOCCOCC34COC(C)(OC3)OC4)c2)c(-c2cc(C(=O)NCc3cccc(C(F)(F)F)c3)ccn2)c1. The minimum absolute atomic E-state index is 0.0977. The van der Waals surface area contributed by atoms with E-state index in [9.17, 15) is 22.8 Å². The Morgan fingerprint density at radius 2 is 1.32 bits per heavy atom. The van der Waals surface area contributed by atoms with Crippen molar-refractivity contribution in [1.82, 2.24) is 10.3 Å². The number of aromatic nitrogens is 1. The number of nitrogens with zero attached hydrogens (tertiary/aromatic N) is 2. The molecule has 0 radical (unpaired) electrons. The standard InChI is InChI=1S/C49H61F3N4O10/c1-4-56(5-2)41-14-15-43(42(30-41)44-29-39(16-17-53-44)45(57)54-31-37-10-7-13-40(28-37)49(50,51)52)55-46(58)38-12-6-9-36(27-38)11-8-18-59-19-20-60-21-22-61-23-24-62-25-26-63-32-48-33-64-47(3,65-34-48)66-35-48/h6-7,9-10,12-17,27-30H,4-5,8,11,18-26,31-35H2,1-3H3,(H,54,57)(H,55,58). The fraction of sp³-hybridized carbons (Fsp3) is 0.490. The normalized spacial score (nSPS) is 18.0. The van der Waals surface area contributed by atoms with Crippen LogP contribution in [0.3, 0.4) is 0 Å². The smallest absolute Gasteiger partial charge is 0.379 e. The summed E-state index contributed by atoms with van der Waals surface area (Å²) in [4.78, 5) is 33.7. The third-order valence-corrected chi connectivity index (χ3v) is 11.1. The molecule has 66 heavy (non-hydrogen) atoms. The van der Waals surface area contributed by atoms with Crippen molar-refractivity contribution < 1.29 is 60.7 Å². The molecule has 1 aromatic heterocycles. The summed E-state index contributed by atoms with van der Waals surface area (Å²) in [5, 5.41) is 5.75. The van der Waals surface area contributed by atoms with Crippen LogP contribution in [-0.4, -0.2) is 122 Å². The molecular weight excluding hydrogens is 862 g/mol. The van der Waals surface area contributed by atoms with Crippen LogP contribution in [0.25, 0.3) is 11.3 Å². The first-order valence-electron chi connectivity index (χ1n) is 22.4. The first-order chi connectivity index (χ1) is 31.9. The quantitative estimate of drug-likeness (QED) is 0.0570. The van der Waals surface area contributed by atoms with Gasteiger partial charge in [0, 0.05) is 61.7 Å². The third-order valence-electron chi connectivity index (χ3n) is 11.1. The number of ether oxygens (including phenoxy) is 8. The Labute approximate surface area is 384 Å². The molecule has 358 valence electrons. The van der Waals surface area contributed by atoms with Crippen LogP contribution in [0.2, 0.25) is 0 Å². The van der Waals surface area contributed by atoms with Crippen molar-refractivity contribution in [3.63, 3.8) is 0 Å². The number of nitrogens with one attached hydrogen (secondary N) is 2. The minimum atomic E-state index is -4.49. The van der Waals surface area contributed by atoms with Gasteiger partial charge in [0.25, 0.3) is 17.8 Å². The molecule has 14 nitrogen and oxygen atoms in total. The molecule has 2 N–H and O–H groups in total. The van der Waals surface area contributed by atoms with E-state index in [1.54, 1.807) is 19.1 Å². The Hall–Kier alpha value is -4.98. The maximum Gasteiger partial charge on any atom is 0.416 e. The molecule has 0 saturated carbocycles. The second kappa shape index (κ2) is 24.7. The lowest BCUT2D eigenvalue weighted by atomic mass is 9.90. The molecule has 3 aliphatic rings. The summed E-state index contributed by atoms with van der Waals surface area (Å²) in [6.45, 7) is 13.6. The van der Waals surface area contributed by atoms with Gasteiger partial charge in [0.2, 0.25) is 0 Å². The van der Waals surface area contributed by atoms with Crippen molar-refractivity contribution >= 4 is 23.2 Å². The van der Waals surface area contributed by atoms with Crippen LogP contribution < -0.4 is 15.5 Å². The molecule has 17 heteroatoms. The number of carbonyl (C=O) groups excluding carboxylic acids is 2. The summed E-state index contributed by atoms with van der Waals surface area (Å²) >= 11 is 0. The zero-order chi connectivity index (χ0) is 46.8. The van der Waals surface area contributed by atoms with Crippen LogP contribution in [0.1, 0.15) is 64.6 Å². The van der Waals surface area contributed by atoms with E-state index in [1.165, 1.54) is 24.4 Å². The highest BCUT2D eigenvalue weighted by Gasteiger charge is 2.50. The van der Waals surface area contributed by atoms with Gasteiger partial charge >= 0.3 is 6.18 Å². The molecule has 0 atom stereocenters. The first-order valence-corrected chi connectivity index (χ1v) is 22.4. The van der Waals surface area contributed by atoms with E-state index in [0.717, 1.165) is 42.9 Å². The topological polar surface area (TPSA) is 148 Å². The van der Waals surface area contributed by atoms with Crippen molar-refractivity contribution in [2.24, 2.45) is 5.41 Å². The monoisotopic (exact) mass is 922 g/mol. The number of halogens is 3. The number of fused-ring (bicyclic) bond motifs is 3. The summed E-state index contributed by atoms with van der Waals surface area (Å²) < 4.78 is 84.8. The number of amides is 2. The maximum absolute atomic E-state index is 13.7. The highest BCUT2D eigenvalue weighted by molar-refractivity contribution is 6.06. The van der Waals surface area contributed by atoms with Crippen molar-refractivity contribution in [2.75, 3.05) is 109 Å². The predicted molar refractivity (Wildman–Crippen MR) is 241 cm³/mol. The molecule has 3 saturated heterocycles. The largest absolute Gasteiger partial charge is 0.416 e. The summed E-state index contributed by atoms with van der Waals surface area (Å²) in [7, 11) is 0. The number of hydrogen-bond donors (Lipinski definition) is 2. The molecule has 2 bridgehead atoms. The molecule has 4 aromatic rings. The lowest BCUT2D eigenvalue weighted by molar-refractivity contribution is -0.462. The fourth-order valence-electron chi connectivity index (χ4n) is 7.34. The van der Waals surface area contributed by atoms with Gasteiger partial charge in [-0.15, -0.1) is 0 Å². The number of carbonyl (C=O) groups is 2. The number of rotatable bonds is 27. The molecule has 0 spiro atoms. The molecule has 4 heterocycles. The average molecular weight is 923 g/mol. The second-order valence-corrected chi connectivity index (χ2v) is 16.2. The molecule has 2 amide bonds. The molecule has 0 unspecified atom stereocenters. The van der Waals surface area contributed by atoms with Crippen LogP contribution in [0.4, 0.5) is 24.5 Å². The van der Waals surface area contributed by atoms with Gasteiger partial charge in [-0.25, -0.2) is 0 Å². The third kappa shape index (κ3) is 15.0. The fourth-order valence-corrected chi connectivity index (χ4v) is 7.34. The summed E-state index contributed by atoms with van der Waals surface area (Å²) in [6.07, 6.45) is -1.54. The van der Waals surface area contributed by atoms with Crippen molar-refractivity contribution in [3.05, 3.63) is 113 Å². The molecule has 0 aliphatic carbocycles. The van der Waals surface area contributed by atoms with E-state index in [0.29, 0.717) is 120 Å². The molecule has 7 rings (SSSR count). The van der Waals surface area contributed by atoms with E-state index in [2.05, 4.69) is 20.5 Å². The van der Waals surface area contributed by atoms with E-state index in [4.69, 9.17) is 37.9 Å². The maximum atomic E-state index is 13.7. The zero-order valence-electron chi connectivity index (χ0n) is 37.9. The van der Waals surface area contributed by atoms with E-state index < -0.39 is 23.6 Å². The summed E-state index contributed by atoms with van der Waals surface area (Å²) in [5.74, 6) is -1.71. The number of benzene rings is 3. The Kier molecular flexibility index (Phi) is 18.9. The second-order valence-electron chi connectivity index (χ2n) is 16.2. The van der Waals surface area contributed by atoms with Crippen LogP contribution in [-0.2, 0) is 57.0 Å². The average Bonchev–Trinajstić information content (AvgIpc) is 3.33.